The lowest BCUT2D eigenvalue weighted by atomic mass is 10.0. The largest absolute Gasteiger partial charge is 0.489 e. The van der Waals surface area contributed by atoms with Gasteiger partial charge in [-0.05, 0) is 73.5 Å². The number of ketones is 1. The molecule has 0 fully saturated rings. The molecule has 1 atom stereocenters. The minimum atomic E-state index is -0.325. The second-order valence-electron chi connectivity index (χ2n) is 12.9. The number of hydrogen-bond acceptors (Lipinski definition) is 5. The van der Waals surface area contributed by atoms with Gasteiger partial charge in [0, 0.05) is 31.4 Å². The fourth-order valence-electron chi connectivity index (χ4n) is 5.99. The number of rotatable bonds is 22. The summed E-state index contributed by atoms with van der Waals surface area (Å²) in [7, 11) is 0. The van der Waals surface area contributed by atoms with Gasteiger partial charge in [0.15, 0.2) is 5.78 Å². The predicted molar refractivity (Wildman–Crippen MR) is 203 cm³/mol. The standard InChI is InChI=1S/C45H51NO4/c1-37(46(34-39-21-10-5-11-22-39)28-16-2-3-17-29-48-30-18-27-38-19-8-4-9-20-38)45(47)42-31-43(49-35-40-23-12-6-13-24-40)33-44(32-42)50-36-41-25-14-7-15-26-41/h4-15,19-26,31-33,37H,2-3,16-18,27-30,34-36H2,1H3. The molecule has 0 radical (unpaired) electrons. The van der Waals surface area contributed by atoms with Crippen LogP contribution >= 0.6 is 0 Å². The first kappa shape index (κ1) is 36.6. The highest BCUT2D eigenvalue weighted by Gasteiger charge is 2.24. The lowest BCUT2D eigenvalue weighted by Crippen LogP contribution is -2.39. The number of Topliss-reactive ketones (excluding diaryl/α,β-unsaturated/α-hetero) is 1. The second kappa shape index (κ2) is 20.7. The molecule has 50 heavy (non-hydrogen) atoms. The molecule has 0 N–H and O–H groups in total. The van der Waals surface area contributed by atoms with Gasteiger partial charge in [0.05, 0.1) is 6.04 Å². The predicted octanol–water partition coefficient (Wildman–Crippen LogP) is 10.1. The number of unbranched alkanes of at least 4 members (excludes halogenated alkanes) is 3. The number of carbonyl (C=O) groups excluding carboxylic acids is 1. The highest BCUT2D eigenvalue weighted by atomic mass is 16.5. The minimum absolute atomic E-state index is 0.0551. The summed E-state index contributed by atoms with van der Waals surface area (Å²) in [5.41, 5.74) is 5.28. The molecule has 5 aromatic rings. The molecule has 0 aliphatic carbocycles. The first-order valence-corrected chi connectivity index (χ1v) is 18.1. The molecule has 5 aromatic carbocycles. The van der Waals surface area contributed by atoms with Gasteiger partial charge < -0.3 is 14.2 Å². The van der Waals surface area contributed by atoms with Crippen LogP contribution in [-0.2, 0) is 30.9 Å². The Bertz CT molecular complexity index is 1600. The molecule has 0 amide bonds. The molecular weight excluding hydrogens is 618 g/mol. The molecule has 0 saturated heterocycles. The fraction of sp³-hybridized carbons (Fsp3) is 0.311. The summed E-state index contributed by atoms with van der Waals surface area (Å²) in [6, 6.07) is 46.4. The van der Waals surface area contributed by atoms with Crippen molar-refractivity contribution in [2.45, 2.75) is 71.2 Å². The Labute approximate surface area is 298 Å². The maximum atomic E-state index is 14.2. The Morgan fingerprint density at radius 2 is 1.04 bits per heavy atom. The van der Waals surface area contributed by atoms with Crippen molar-refractivity contribution in [3.63, 3.8) is 0 Å². The lowest BCUT2D eigenvalue weighted by Gasteiger charge is -2.28. The van der Waals surface area contributed by atoms with Crippen LogP contribution in [0.1, 0.15) is 71.6 Å². The summed E-state index contributed by atoms with van der Waals surface area (Å²) in [4.78, 5) is 16.5. The van der Waals surface area contributed by atoms with E-state index in [0.29, 0.717) is 36.8 Å². The minimum Gasteiger partial charge on any atom is -0.489 e. The van der Waals surface area contributed by atoms with Gasteiger partial charge in [-0.1, -0.05) is 134 Å². The van der Waals surface area contributed by atoms with E-state index in [1.54, 1.807) is 0 Å². The Morgan fingerprint density at radius 3 is 1.60 bits per heavy atom. The van der Waals surface area contributed by atoms with Crippen molar-refractivity contribution < 1.29 is 19.0 Å². The number of hydrogen-bond donors (Lipinski definition) is 0. The fourth-order valence-corrected chi connectivity index (χ4v) is 5.99. The summed E-state index contributed by atoms with van der Waals surface area (Å²) < 4.78 is 18.3. The number of ether oxygens (including phenoxy) is 3. The van der Waals surface area contributed by atoms with Crippen molar-refractivity contribution in [3.05, 3.63) is 167 Å². The molecule has 0 heterocycles. The third-order valence-electron chi connectivity index (χ3n) is 8.90. The van der Waals surface area contributed by atoms with E-state index >= 15 is 0 Å². The van der Waals surface area contributed by atoms with E-state index in [-0.39, 0.29) is 11.8 Å². The van der Waals surface area contributed by atoms with Crippen molar-refractivity contribution in [2.24, 2.45) is 0 Å². The van der Waals surface area contributed by atoms with Gasteiger partial charge in [-0.2, -0.15) is 0 Å². The van der Waals surface area contributed by atoms with Crippen LogP contribution < -0.4 is 9.47 Å². The maximum absolute atomic E-state index is 14.2. The van der Waals surface area contributed by atoms with Crippen molar-refractivity contribution in [3.8, 4) is 11.5 Å². The maximum Gasteiger partial charge on any atom is 0.179 e. The number of aryl methyl sites for hydroxylation is 1. The third kappa shape index (κ3) is 12.6. The number of nitrogens with zero attached hydrogens (tertiary/aromatic N) is 1. The highest BCUT2D eigenvalue weighted by Crippen LogP contribution is 2.27. The van der Waals surface area contributed by atoms with Gasteiger partial charge in [-0.3, -0.25) is 9.69 Å². The quantitative estimate of drug-likeness (QED) is 0.0542. The van der Waals surface area contributed by atoms with Gasteiger partial charge in [-0.15, -0.1) is 0 Å². The Kier molecular flexibility index (Phi) is 15.2. The second-order valence-corrected chi connectivity index (χ2v) is 12.9. The van der Waals surface area contributed by atoms with Gasteiger partial charge in [0.1, 0.15) is 24.7 Å². The number of benzene rings is 5. The smallest absolute Gasteiger partial charge is 0.179 e. The number of carbonyl (C=O) groups is 1. The Morgan fingerprint density at radius 1 is 0.560 bits per heavy atom. The molecule has 0 bridgehead atoms. The van der Waals surface area contributed by atoms with Crippen LogP contribution in [-0.4, -0.2) is 36.5 Å². The first-order valence-electron chi connectivity index (χ1n) is 18.1. The molecule has 1 unspecified atom stereocenters. The molecular formula is C45H51NO4. The van der Waals surface area contributed by atoms with Crippen LogP contribution in [0.4, 0.5) is 0 Å². The van der Waals surface area contributed by atoms with Gasteiger partial charge in [0.25, 0.3) is 0 Å². The van der Waals surface area contributed by atoms with E-state index in [1.807, 2.05) is 91.9 Å². The topological polar surface area (TPSA) is 48.0 Å². The normalized spacial score (nSPS) is 11.7. The molecule has 0 aliphatic heterocycles. The summed E-state index contributed by atoms with van der Waals surface area (Å²) in [6.07, 6.45) is 6.39. The van der Waals surface area contributed by atoms with E-state index in [0.717, 1.165) is 69.4 Å². The summed E-state index contributed by atoms with van der Waals surface area (Å²) in [5.74, 6) is 1.29. The molecule has 5 nitrogen and oxygen atoms in total. The molecule has 5 rings (SSSR count). The average molecular weight is 670 g/mol. The zero-order valence-electron chi connectivity index (χ0n) is 29.4. The van der Waals surface area contributed by atoms with E-state index in [1.165, 1.54) is 11.1 Å². The average Bonchev–Trinajstić information content (AvgIpc) is 3.17. The zero-order chi connectivity index (χ0) is 34.6. The molecule has 5 heteroatoms. The SMILES string of the molecule is CC(C(=O)c1cc(OCc2ccccc2)cc(OCc2ccccc2)c1)N(CCCCCCOCCCc1ccccc1)Cc1ccccc1. The van der Waals surface area contributed by atoms with Crippen LogP contribution in [0.2, 0.25) is 0 Å². The van der Waals surface area contributed by atoms with E-state index in [9.17, 15) is 4.79 Å². The zero-order valence-corrected chi connectivity index (χ0v) is 29.4. The van der Waals surface area contributed by atoms with Gasteiger partial charge in [-0.25, -0.2) is 0 Å². The van der Waals surface area contributed by atoms with Crippen LogP contribution in [0, 0.1) is 0 Å². The van der Waals surface area contributed by atoms with E-state index in [2.05, 4.69) is 59.5 Å². The van der Waals surface area contributed by atoms with Crippen LogP contribution in [0.3, 0.4) is 0 Å². The first-order chi connectivity index (χ1) is 24.6. The van der Waals surface area contributed by atoms with Crippen molar-refractivity contribution in [1.29, 1.82) is 0 Å². The Balaban J connectivity index is 1.18. The lowest BCUT2D eigenvalue weighted by molar-refractivity contribution is 0.0822. The van der Waals surface area contributed by atoms with Gasteiger partial charge >= 0.3 is 0 Å². The monoisotopic (exact) mass is 669 g/mol. The van der Waals surface area contributed by atoms with Crippen molar-refractivity contribution >= 4 is 5.78 Å². The third-order valence-corrected chi connectivity index (χ3v) is 8.90. The summed E-state index contributed by atoms with van der Waals surface area (Å²) >= 11 is 0. The van der Waals surface area contributed by atoms with Gasteiger partial charge in [0.2, 0.25) is 0 Å². The van der Waals surface area contributed by atoms with E-state index < -0.39 is 0 Å². The Hall–Kier alpha value is -4.71. The van der Waals surface area contributed by atoms with Crippen molar-refractivity contribution in [2.75, 3.05) is 19.8 Å². The summed E-state index contributed by atoms with van der Waals surface area (Å²) in [5, 5.41) is 0. The summed E-state index contributed by atoms with van der Waals surface area (Å²) in [6.45, 7) is 5.99. The molecule has 260 valence electrons. The highest BCUT2D eigenvalue weighted by molar-refractivity contribution is 6.00. The van der Waals surface area contributed by atoms with Crippen LogP contribution in [0.5, 0.6) is 11.5 Å². The van der Waals surface area contributed by atoms with E-state index in [4.69, 9.17) is 14.2 Å². The molecule has 0 saturated carbocycles. The van der Waals surface area contributed by atoms with Crippen LogP contribution in [0.25, 0.3) is 0 Å². The van der Waals surface area contributed by atoms with Crippen LogP contribution in [0.15, 0.2) is 140 Å². The molecule has 0 spiro atoms. The van der Waals surface area contributed by atoms with Crippen molar-refractivity contribution in [1.82, 2.24) is 4.90 Å². The molecule has 0 aliphatic rings. The molecule has 0 aromatic heterocycles.